The van der Waals surface area contributed by atoms with Gasteiger partial charge in [-0.2, -0.15) is 13.2 Å². The van der Waals surface area contributed by atoms with E-state index in [0.29, 0.717) is 16.8 Å². The summed E-state index contributed by atoms with van der Waals surface area (Å²) >= 11 is 0. The monoisotopic (exact) mass is 513 g/mol. The number of carbonyl (C=O) groups excluding carboxylic acids is 2. The van der Waals surface area contributed by atoms with Gasteiger partial charge in [0.1, 0.15) is 12.6 Å². The van der Waals surface area contributed by atoms with E-state index in [4.69, 9.17) is 0 Å². The summed E-state index contributed by atoms with van der Waals surface area (Å²) in [4.78, 5) is 27.2. The summed E-state index contributed by atoms with van der Waals surface area (Å²) in [6.07, 6.45) is -3.48. The Bertz CT molecular complexity index is 1120. The van der Waals surface area contributed by atoms with E-state index in [1.54, 1.807) is 13.8 Å². The molecule has 0 saturated heterocycles. The molecule has 0 aliphatic carbocycles. The molecule has 0 aromatic heterocycles. The first-order valence-corrected chi connectivity index (χ1v) is 12.8. The number of sulfonamides is 1. The fourth-order valence-electron chi connectivity index (χ4n) is 3.43. The van der Waals surface area contributed by atoms with Crippen LogP contribution in [0.1, 0.15) is 31.9 Å². The standard InChI is InChI=1S/C24H30F3N3O4S/c1-17(2)28-23(32)18(3)29(14-13-19-9-6-5-7-10-19)22(31)16-30(35(4,33)34)21-12-8-11-20(15-21)24(25,26)27/h5-12,15,17-18H,13-14,16H2,1-4H3,(H,28,32). The number of benzene rings is 2. The van der Waals surface area contributed by atoms with Crippen molar-refractivity contribution in [1.82, 2.24) is 10.2 Å². The molecule has 0 heterocycles. The number of halogens is 3. The predicted octanol–water partition coefficient (Wildman–Crippen LogP) is 3.46. The van der Waals surface area contributed by atoms with E-state index < -0.39 is 46.2 Å². The van der Waals surface area contributed by atoms with E-state index in [1.165, 1.54) is 17.9 Å². The smallest absolute Gasteiger partial charge is 0.352 e. The zero-order valence-electron chi connectivity index (χ0n) is 20.0. The number of alkyl halides is 3. The van der Waals surface area contributed by atoms with Gasteiger partial charge in [0.2, 0.25) is 21.8 Å². The highest BCUT2D eigenvalue weighted by molar-refractivity contribution is 7.92. The number of nitrogens with zero attached hydrogens (tertiary/aromatic N) is 2. The number of nitrogens with one attached hydrogen (secondary N) is 1. The average molecular weight is 514 g/mol. The second-order valence-corrected chi connectivity index (χ2v) is 10.4. The largest absolute Gasteiger partial charge is 0.416 e. The minimum atomic E-state index is -4.69. The third-order valence-corrected chi connectivity index (χ3v) is 6.36. The van der Waals surface area contributed by atoms with Crippen molar-refractivity contribution in [2.75, 3.05) is 23.7 Å². The SMILES string of the molecule is CC(C)NC(=O)C(C)N(CCc1ccccc1)C(=O)CN(c1cccc(C(F)(F)F)c1)S(C)(=O)=O. The lowest BCUT2D eigenvalue weighted by Crippen LogP contribution is -2.53. The predicted molar refractivity (Wildman–Crippen MR) is 128 cm³/mol. The molecule has 2 aromatic carbocycles. The molecule has 0 bridgehead atoms. The highest BCUT2D eigenvalue weighted by Crippen LogP contribution is 2.32. The molecule has 0 aliphatic heterocycles. The van der Waals surface area contributed by atoms with Crippen LogP contribution in [0.5, 0.6) is 0 Å². The number of rotatable bonds is 10. The molecule has 35 heavy (non-hydrogen) atoms. The first kappa shape index (κ1) is 28.2. The molecule has 0 saturated carbocycles. The number of carbonyl (C=O) groups is 2. The van der Waals surface area contributed by atoms with Gasteiger partial charge in [0, 0.05) is 12.6 Å². The van der Waals surface area contributed by atoms with Crippen LogP contribution in [0.25, 0.3) is 0 Å². The molecule has 0 fully saturated rings. The summed E-state index contributed by atoms with van der Waals surface area (Å²) in [5.74, 6) is -1.14. The molecule has 2 rings (SSSR count). The average Bonchev–Trinajstić information content (AvgIpc) is 2.76. The zero-order valence-corrected chi connectivity index (χ0v) is 20.9. The molecular formula is C24H30F3N3O4S. The highest BCUT2D eigenvalue weighted by Gasteiger charge is 2.33. The maximum atomic E-state index is 13.3. The summed E-state index contributed by atoms with van der Waals surface area (Å²) in [6.45, 7) is 4.40. The summed E-state index contributed by atoms with van der Waals surface area (Å²) in [6, 6.07) is 11.8. The van der Waals surface area contributed by atoms with Gasteiger partial charge in [-0.25, -0.2) is 8.42 Å². The Labute approximate surface area is 204 Å². The molecule has 1 unspecified atom stereocenters. The maximum Gasteiger partial charge on any atom is 0.416 e. The highest BCUT2D eigenvalue weighted by atomic mass is 32.2. The summed E-state index contributed by atoms with van der Waals surface area (Å²) in [7, 11) is -4.12. The lowest BCUT2D eigenvalue weighted by molar-refractivity contribution is -0.139. The van der Waals surface area contributed by atoms with Gasteiger partial charge in [0.25, 0.3) is 0 Å². The second-order valence-electron chi connectivity index (χ2n) is 8.48. The molecule has 2 amide bonds. The van der Waals surface area contributed by atoms with Gasteiger partial charge in [0.05, 0.1) is 17.5 Å². The number of hydrogen-bond donors (Lipinski definition) is 1. The minimum Gasteiger partial charge on any atom is -0.352 e. The minimum absolute atomic E-state index is 0.107. The first-order chi connectivity index (χ1) is 16.2. The second kappa shape index (κ2) is 11.6. The third-order valence-electron chi connectivity index (χ3n) is 5.22. The van der Waals surface area contributed by atoms with Crippen LogP contribution in [0.3, 0.4) is 0 Å². The van der Waals surface area contributed by atoms with Crippen LogP contribution in [0.4, 0.5) is 18.9 Å². The number of anilines is 1. The molecule has 0 radical (unpaired) electrons. The van der Waals surface area contributed by atoms with Crippen molar-refractivity contribution in [3.05, 3.63) is 65.7 Å². The van der Waals surface area contributed by atoms with Crippen molar-refractivity contribution in [2.24, 2.45) is 0 Å². The van der Waals surface area contributed by atoms with E-state index in [0.717, 1.165) is 24.0 Å². The van der Waals surface area contributed by atoms with Crippen LogP contribution in [0.2, 0.25) is 0 Å². The van der Waals surface area contributed by atoms with Gasteiger partial charge in [-0.05, 0) is 51.0 Å². The lowest BCUT2D eigenvalue weighted by atomic mass is 10.1. The molecular weight excluding hydrogens is 483 g/mol. The van der Waals surface area contributed by atoms with Crippen LogP contribution >= 0.6 is 0 Å². The van der Waals surface area contributed by atoms with Gasteiger partial charge in [0.15, 0.2) is 0 Å². The zero-order chi connectivity index (χ0) is 26.4. The molecule has 2 aromatic rings. The fraction of sp³-hybridized carbons (Fsp3) is 0.417. The Morgan fingerprint density at radius 1 is 1.00 bits per heavy atom. The van der Waals surface area contributed by atoms with Crippen molar-refractivity contribution in [3.63, 3.8) is 0 Å². The van der Waals surface area contributed by atoms with Crippen molar-refractivity contribution >= 4 is 27.5 Å². The molecule has 11 heteroatoms. The van der Waals surface area contributed by atoms with Crippen LogP contribution in [0.15, 0.2) is 54.6 Å². The summed E-state index contributed by atoms with van der Waals surface area (Å²) in [5, 5.41) is 2.73. The van der Waals surface area contributed by atoms with Crippen LogP contribution < -0.4 is 9.62 Å². The summed E-state index contributed by atoms with van der Waals surface area (Å²) < 4.78 is 65.1. The van der Waals surface area contributed by atoms with E-state index >= 15 is 0 Å². The molecule has 1 N–H and O–H groups in total. The van der Waals surface area contributed by atoms with E-state index in [1.807, 2.05) is 30.3 Å². The van der Waals surface area contributed by atoms with Gasteiger partial charge in [-0.15, -0.1) is 0 Å². The topological polar surface area (TPSA) is 86.8 Å². The van der Waals surface area contributed by atoms with Crippen molar-refractivity contribution in [1.29, 1.82) is 0 Å². The number of amides is 2. The van der Waals surface area contributed by atoms with Crippen molar-refractivity contribution < 1.29 is 31.2 Å². The van der Waals surface area contributed by atoms with Crippen molar-refractivity contribution in [2.45, 2.75) is 45.5 Å². The van der Waals surface area contributed by atoms with Crippen LogP contribution in [-0.2, 0) is 32.2 Å². The van der Waals surface area contributed by atoms with E-state index in [-0.39, 0.29) is 18.3 Å². The fourth-order valence-corrected chi connectivity index (χ4v) is 4.27. The number of hydrogen-bond acceptors (Lipinski definition) is 4. The van der Waals surface area contributed by atoms with Gasteiger partial charge < -0.3 is 10.2 Å². The van der Waals surface area contributed by atoms with Crippen LogP contribution in [0, 0.1) is 0 Å². The van der Waals surface area contributed by atoms with Crippen molar-refractivity contribution in [3.8, 4) is 0 Å². The Balaban J connectivity index is 2.37. The van der Waals surface area contributed by atoms with Gasteiger partial charge in [-0.3, -0.25) is 13.9 Å². The quantitative estimate of drug-likeness (QED) is 0.527. The van der Waals surface area contributed by atoms with Gasteiger partial charge >= 0.3 is 6.18 Å². The Kier molecular flexibility index (Phi) is 9.31. The van der Waals surface area contributed by atoms with Crippen LogP contribution in [-0.4, -0.2) is 56.6 Å². The molecule has 1 atom stereocenters. The summed E-state index contributed by atoms with van der Waals surface area (Å²) in [5.41, 5.74) is -0.431. The lowest BCUT2D eigenvalue weighted by Gasteiger charge is -2.32. The maximum absolute atomic E-state index is 13.3. The molecule has 0 spiro atoms. The van der Waals surface area contributed by atoms with E-state index in [2.05, 4.69) is 5.32 Å². The first-order valence-electron chi connectivity index (χ1n) is 11.0. The van der Waals surface area contributed by atoms with E-state index in [9.17, 15) is 31.2 Å². The molecule has 7 nitrogen and oxygen atoms in total. The van der Waals surface area contributed by atoms with Gasteiger partial charge in [-0.1, -0.05) is 36.4 Å². The normalized spacial score (nSPS) is 12.8. The molecule has 0 aliphatic rings. The Morgan fingerprint density at radius 3 is 2.17 bits per heavy atom. The third kappa shape index (κ3) is 8.27. The Morgan fingerprint density at radius 2 is 1.63 bits per heavy atom. The molecule has 192 valence electrons. The Hall–Kier alpha value is -3.08.